The minimum absolute atomic E-state index is 0.0835. The number of aliphatic hydroxyl groups excluding tert-OH is 1. The Bertz CT molecular complexity index is 387. The van der Waals surface area contributed by atoms with E-state index in [1.165, 1.54) is 12.5 Å². The number of hydrogen-bond acceptors (Lipinski definition) is 4. The Morgan fingerprint density at radius 2 is 2.11 bits per heavy atom. The fourth-order valence-electron chi connectivity index (χ4n) is 1.36. The summed E-state index contributed by atoms with van der Waals surface area (Å²) in [5.41, 5.74) is 0.649. The molecule has 0 saturated heterocycles. The average Bonchev–Trinajstić information content (AvgIpc) is 2.81. The number of hydrogen-bond donors (Lipinski definition) is 3. The summed E-state index contributed by atoms with van der Waals surface area (Å²) < 4.78 is 4.83. The average molecular weight is 254 g/mol. The molecule has 0 spiro atoms. The third-order valence-corrected chi connectivity index (χ3v) is 2.26. The molecule has 1 aromatic heterocycles. The predicted molar refractivity (Wildman–Crippen MR) is 64.6 cm³/mol. The second-order valence-electron chi connectivity index (χ2n) is 4.25. The SMILES string of the molecule is CC(C)NC(=O)C(=O)NCCC(O)c1ccoc1. The number of aliphatic hydroxyl groups is 1. The molecule has 0 aliphatic carbocycles. The van der Waals surface area contributed by atoms with Crippen LogP contribution in [0.4, 0.5) is 0 Å². The summed E-state index contributed by atoms with van der Waals surface area (Å²) in [6, 6.07) is 1.57. The first-order valence-corrected chi connectivity index (χ1v) is 5.79. The fourth-order valence-corrected chi connectivity index (χ4v) is 1.36. The van der Waals surface area contributed by atoms with Gasteiger partial charge in [0.1, 0.15) is 0 Å². The van der Waals surface area contributed by atoms with Crippen molar-refractivity contribution >= 4 is 11.8 Å². The summed E-state index contributed by atoms with van der Waals surface area (Å²) in [5.74, 6) is -1.36. The van der Waals surface area contributed by atoms with E-state index >= 15 is 0 Å². The van der Waals surface area contributed by atoms with Crippen LogP contribution < -0.4 is 10.6 Å². The van der Waals surface area contributed by atoms with Gasteiger partial charge in [-0.25, -0.2) is 0 Å². The topological polar surface area (TPSA) is 91.6 Å². The van der Waals surface area contributed by atoms with E-state index in [1.54, 1.807) is 19.9 Å². The van der Waals surface area contributed by atoms with Gasteiger partial charge in [-0.3, -0.25) is 9.59 Å². The molecular weight excluding hydrogens is 236 g/mol. The fraction of sp³-hybridized carbons (Fsp3) is 0.500. The van der Waals surface area contributed by atoms with Crippen LogP contribution in [-0.4, -0.2) is 29.5 Å². The van der Waals surface area contributed by atoms with Crippen LogP contribution in [0.15, 0.2) is 23.0 Å². The van der Waals surface area contributed by atoms with E-state index in [9.17, 15) is 14.7 Å². The maximum absolute atomic E-state index is 11.3. The Hall–Kier alpha value is -1.82. The first-order valence-electron chi connectivity index (χ1n) is 5.79. The van der Waals surface area contributed by atoms with Crippen molar-refractivity contribution in [1.29, 1.82) is 0 Å². The molecule has 1 atom stereocenters. The minimum Gasteiger partial charge on any atom is -0.472 e. The summed E-state index contributed by atoms with van der Waals surface area (Å²) in [6.07, 6.45) is 2.52. The normalized spacial score (nSPS) is 12.2. The highest BCUT2D eigenvalue weighted by Gasteiger charge is 2.15. The molecule has 6 heteroatoms. The van der Waals surface area contributed by atoms with Gasteiger partial charge in [0.25, 0.3) is 0 Å². The van der Waals surface area contributed by atoms with Crippen molar-refractivity contribution in [2.75, 3.05) is 6.54 Å². The molecule has 100 valence electrons. The van der Waals surface area contributed by atoms with Crippen molar-refractivity contribution in [1.82, 2.24) is 10.6 Å². The van der Waals surface area contributed by atoms with Gasteiger partial charge in [-0.15, -0.1) is 0 Å². The van der Waals surface area contributed by atoms with E-state index in [-0.39, 0.29) is 12.6 Å². The van der Waals surface area contributed by atoms with E-state index in [2.05, 4.69) is 10.6 Å². The lowest BCUT2D eigenvalue weighted by atomic mass is 10.1. The molecule has 1 aromatic rings. The third-order valence-electron chi connectivity index (χ3n) is 2.26. The first-order chi connectivity index (χ1) is 8.50. The molecular formula is C12H18N2O4. The van der Waals surface area contributed by atoms with Gasteiger partial charge in [0, 0.05) is 18.2 Å². The highest BCUT2D eigenvalue weighted by molar-refractivity contribution is 6.35. The third kappa shape index (κ3) is 4.58. The van der Waals surface area contributed by atoms with E-state index in [4.69, 9.17) is 4.42 Å². The number of nitrogens with one attached hydrogen (secondary N) is 2. The van der Waals surface area contributed by atoms with Gasteiger partial charge in [0.05, 0.1) is 18.6 Å². The molecule has 0 fully saturated rings. The molecule has 0 aromatic carbocycles. The van der Waals surface area contributed by atoms with Crippen LogP contribution in [0.2, 0.25) is 0 Å². The quantitative estimate of drug-likeness (QED) is 0.661. The molecule has 18 heavy (non-hydrogen) atoms. The van der Waals surface area contributed by atoms with Gasteiger partial charge in [-0.1, -0.05) is 0 Å². The zero-order valence-electron chi connectivity index (χ0n) is 10.5. The van der Waals surface area contributed by atoms with Crippen LogP contribution in [0, 0.1) is 0 Å². The first kappa shape index (κ1) is 14.2. The molecule has 1 rings (SSSR count). The van der Waals surface area contributed by atoms with Gasteiger partial charge < -0.3 is 20.2 Å². The second kappa shape index (κ2) is 6.80. The maximum atomic E-state index is 11.3. The summed E-state index contributed by atoms with van der Waals surface area (Å²) in [7, 11) is 0. The number of amides is 2. The molecule has 0 saturated carbocycles. The van der Waals surface area contributed by atoms with Crippen molar-refractivity contribution in [2.24, 2.45) is 0 Å². The van der Waals surface area contributed by atoms with Gasteiger partial charge in [0.15, 0.2) is 0 Å². The van der Waals surface area contributed by atoms with Gasteiger partial charge in [0.2, 0.25) is 0 Å². The van der Waals surface area contributed by atoms with Crippen molar-refractivity contribution in [2.45, 2.75) is 32.4 Å². The molecule has 1 unspecified atom stereocenters. The van der Waals surface area contributed by atoms with E-state index in [1.807, 2.05) is 0 Å². The summed E-state index contributed by atoms with van der Waals surface area (Å²) >= 11 is 0. The Balaban J connectivity index is 2.25. The van der Waals surface area contributed by atoms with Crippen molar-refractivity contribution in [3.05, 3.63) is 24.2 Å². The summed E-state index contributed by atoms with van der Waals surface area (Å²) in [4.78, 5) is 22.6. The van der Waals surface area contributed by atoms with Crippen LogP contribution in [0.3, 0.4) is 0 Å². The lowest BCUT2D eigenvalue weighted by Crippen LogP contribution is -2.43. The van der Waals surface area contributed by atoms with E-state index in [0.717, 1.165) is 0 Å². The van der Waals surface area contributed by atoms with E-state index < -0.39 is 17.9 Å². The number of carbonyl (C=O) groups excluding carboxylic acids is 2. The monoisotopic (exact) mass is 254 g/mol. The van der Waals surface area contributed by atoms with Crippen LogP contribution in [0.25, 0.3) is 0 Å². The zero-order valence-corrected chi connectivity index (χ0v) is 10.5. The second-order valence-corrected chi connectivity index (χ2v) is 4.25. The van der Waals surface area contributed by atoms with Crippen LogP contribution >= 0.6 is 0 Å². The Labute approximate surface area is 105 Å². The Morgan fingerprint density at radius 3 is 2.67 bits per heavy atom. The smallest absolute Gasteiger partial charge is 0.309 e. The molecule has 0 bridgehead atoms. The summed E-state index contributed by atoms with van der Waals surface area (Å²) in [5, 5.41) is 14.6. The van der Waals surface area contributed by atoms with E-state index in [0.29, 0.717) is 12.0 Å². The molecule has 2 amide bonds. The van der Waals surface area contributed by atoms with Crippen molar-refractivity contribution in [3.8, 4) is 0 Å². The molecule has 6 nitrogen and oxygen atoms in total. The highest BCUT2D eigenvalue weighted by atomic mass is 16.3. The zero-order chi connectivity index (χ0) is 13.5. The lowest BCUT2D eigenvalue weighted by Gasteiger charge is -2.10. The number of rotatable bonds is 5. The molecule has 1 heterocycles. The lowest BCUT2D eigenvalue weighted by molar-refractivity contribution is -0.139. The summed E-state index contributed by atoms with van der Waals surface area (Å²) in [6.45, 7) is 3.76. The Kier molecular flexibility index (Phi) is 5.38. The Morgan fingerprint density at radius 1 is 1.39 bits per heavy atom. The van der Waals surface area contributed by atoms with Gasteiger partial charge >= 0.3 is 11.8 Å². The number of carbonyl (C=O) groups is 2. The number of furan rings is 1. The highest BCUT2D eigenvalue weighted by Crippen LogP contribution is 2.15. The van der Waals surface area contributed by atoms with Crippen molar-refractivity contribution < 1.29 is 19.1 Å². The molecule has 0 radical (unpaired) electrons. The maximum Gasteiger partial charge on any atom is 0.309 e. The minimum atomic E-state index is -0.711. The largest absolute Gasteiger partial charge is 0.472 e. The van der Waals surface area contributed by atoms with Crippen LogP contribution in [0.1, 0.15) is 31.9 Å². The van der Waals surface area contributed by atoms with Crippen molar-refractivity contribution in [3.63, 3.8) is 0 Å². The van der Waals surface area contributed by atoms with Crippen LogP contribution in [0.5, 0.6) is 0 Å². The molecule has 0 aliphatic heterocycles. The van der Waals surface area contributed by atoms with Gasteiger partial charge in [-0.05, 0) is 26.3 Å². The molecule has 3 N–H and O–H groups in total. The standard InChI is InChI=1S/C12H18N2O4/c1-8(2)14-12(17)11(16)13-5-3-10(15)9-4-6-18-7-9/h4,6-8,10,15H,3,5H2,1-2H3,(H,13,16)(H,14,17). The predicted octanol–water partition coefficient (Wildman–Crippen LogP) is 0.344. The van der Waals surface area contributed by atoms with Crippen LogP contribution in [-0.2, 0) is 9.59 Å². The molecule has 0 aliphatic rings. The van der Waals surface area contributed by atoms with Gasteiger partial charge in [-0.2, -0.15) is 0 Å².